The highest BCUT2D eigenvalue weighted by Gasteiger charge is 2.11. The number of benzene rings is 2. The number of fused-ring (bicyclic) bond motifs is 1. The minimum absolute atomic E-state index is 0.250. The van der Waals surface area contributed by atoms with E-state index in [9.17, 15) is 4.79 Å². The van der Waals surface area contributed by atoms with E-state index in [1.165, 1.54) is 0 Å². The van der Waals surface area contributed by atoms with E-state index < -0.39 is 0 Å². The molecule has 122 valence electrons. The monoisotopic (exact) mass is 329 g/mol. The zero-order valence-corrected chi connectivity index (χ0v) is 13.3. The van der Waals surface area contributed by atoms with Crippen LogP contribution in [0.5, 0.6) is 11.5 Å². The van der Waals surface area contributed by atoms with Crippen LogP contribution in [0.2, 0.25) is 0 Å². The Morgan fingerprint density at radius 2 is 1.60 bits per heavy atom. The van der Waals surface area contributed by atoms with Crippen molar-refractivity contribution in [3.8, 4) is 11.5 Å². The Hall–Kier alpha value is -3.60. The molecule has 5 heteroatoms. The summed E-state index contributed by atoms with van der Waals surface area (Å²) in [5, 5.41) is 7.10. The van der Waals surface area contributed by atoms with Crippen molar-refractivity contribution in [2.24, 2.45) is 0 Å². The van der Waals surface area contributed by atoms with Crippen LogP contribution in [0.4, 0.5) is 5.69 Å². The molecule has 1 N–H and O–H groups in total. The number of hydrogen-bond donors (Lipinski definition) is 1. The third kappa shape index (κ3) is 3.35. The molecule has 0 atom stereocenters. The highest BCUT2D eigenvalue weighted by molar-refractivity contribution is 6.03. The van der Waals surface area contributed by atoms with Crippen molar-refractivity contribution in [1.82, 2.24) is 9.61 Å². The molecule has 0 aliphatic heterocycles. The SMILES string of the molecule is O=C(Nc1ccc(Oc2ccccc2)cc1)c1cc2ccccn2n1. The number of amides is 1. The lowest BCUT2D eigenvalue weighted by Gasteiger charge is -2.07. The van der Waals surface area contributed by atoms with Gasteiger partial charge in [0, 0.05) is 11.9 Å². The molecule has 0 bridgehead atoms. The molecule has 0 saturated heterocycles. The molecule has 0 aliphatic rings. The quantitative estimate of drug-likeness (QED) is 0.604. The fourth-order valence-electron chi connectivity index (χ4n) is 2.48. The van der Waals surface area contributed by atoms with Crippen molar-refractivity contribution in [2.75, 3.05) is 5.32 Å². The van der Waals surface area contributed by atoms with E-state index in [2.05, 4.69) is 10.4 Å². The van der Waals surface area contributed by atoms with Gasteiger partial charge >= 0.3 is 0 Å². The van der Waals surface area contributed by atoms with Crippen molar-refractivity contribution in [1.29, 1.82) is 0 Å². The summed E-state index contributed by atoms with van der Waals surface area (Å²) in [6.07, 6.45) is 1.81. The Balaban J connectivity index is 1.46. The third-order valence-electron chi connectivity index (χ3n) is 3.69. The van der Waals surface area contributed by atoms with Crippen LogP contribution in [-0.4, -0.2) is 15.5 Å². The molecule has 0 spiro atoms. The molecule has 2 aromatic heterocycles. The lowest BCUT2D eigenvalue weighted by molar-refractivity contribution is 0.102. The van der Waals surface area contributed by atoms with Gasteiger partial charge in [-0.15, -0.1) is 0 Å². The standard InChI is InChI=1S/C20H15N3O2/c24-20(19-14-16-6-4-5-13-23(16)22-19)21-15-9-11-18(12-10-15)25-17-7-2-1-3-8-17/h1-14H,(H,21,24). The minimum atomic E-state index is -0.250. The van der Waals surface area contributed by atoms with Gasteiger partial charge in [0.05, 0.1) is 5.52 Å². The Bertz CT molecular complexity index is 975. The van der Waals surface area contributed by atoms with Gasteiger partial charge in [-0.25, -0.2) is 4.52 Å². The third-order valence-corrected chi connectivity index (χ3v) is 3.69. The maximum Gasteiger partial charge on any atom is 0.276 e. The number of carbonyl (C=O) groups excluding carboxylic acids is 1. The van der Waals surface area contributed by atoms with Gasteiger partial charge in [-0.1, -0.05) is 24.3 Å². The van der Waals surface area contributed by atoms with Crippen molar-refractivity contribution in [3.05, 3.63) is 90.8 Å². The second kappa shape index (κ2) is 6.49. The molecule has 1 amide bonds. The van der Waals surface area contributed by atoms with E-state index in [1.54, 1.807) is 22.7 Å². The van der Waals surface area contributed by atoms with Crippen LogP contribution >= 0.6 is 0 Å². The van der Waals surface area contributed by atoms with Crippen LogP contribution < -0.4 is 10.1 Å². The fourth-order valence-corrected chi connectivity index (χ4v) is 2.48. The van der Waals surface area contributed by atoms with Crippen LogP contribution in [0.25, 0.3) is 5.52 Å². The Labute approximate surface area is 144 Å². The first-order valence-electron chi connectivity index (χ1n) is 7.87. The number of nitrogens with one attached hydrogen (secondary N) is 1. The van der Waals surface area contributed by atoms with Crippen LogP contribution in [-0.2, 0) is 0 Å². The number of pyridine rings is 1. The number of para-hydroxylation sites is 1. The molecule has 25 heavy (non-hydrogen) atoms. The van der Waals surface area contributed by atoms with Crippen LogP contribution in [0.1, 0.15) is 10.5 Å². The molecular weight excluding hydrogens is 314 g/mol. The maximum absolute atomic E-state index is 12.3. The van der Waals surface area contributed by atoms with Gasteiger partial charge in [0.25, 0.3) is 5.91 Å². The second-order valence-electron chi connectivity index (χ2n) is 5.49. The predicted molar refractivity (Wildman–Crippen MR) is 96.1 cm³/mol. The summed E-state index contributed by atoms with van der Waals surface area (Å²) < 4.78 is 7.41. The average molecular weight is 329 g/mol. The molecule has 4 rings (SSSR count). The van der Waals surface area contributed by atoms with Gasteiger partial charge in [-0.2, -0.15) is 5.10 Å². The molecule has 2 aromatic carbocycles. The van der Waals surface area contributed by atoms with Crippen LogP contribution in [0, 0.1) is 0 Å². The van der Waals surface area contributed by atoms with Gasteiger partial charge < -0.3 is 10.1 Å². The van der Waals surface area contributed by atoms with Crippen molar-refractivity contribution >= 4 is 17.1 Å². The number of ether oxygens (including phenoxy) is 1. The van der Waals surface area contributed by atoms with Crippen molar-refractivity contribution in [2.45, 2.75) is 0 Å². The molecule has 0 saturated carbocycles. The van der Waals surface area contributed by atoms with Crippen LogP contribution in [0.15, 0.2) is 85.1 Å². The van der Waals surface area contributed by atoms with E-state index in [4.69, 9.17) is 4.74 Å². The van der Waals surface area contributed by atoms with E-state index in [0.29, 0.717) is 17.1 Å². The van der Waals surface area contributed by atoms with E-state index in [0.717, 1.165) is 11.3 Å². The second-order valence-corrected chi connectivity index (χ2v) is 5.49. The number of anilines is 1. The molecule has 4 aromatic rings. The highest BCUT2D eigenvalue weighted by atomic mass is 16.5. The lowest BCUT2D eigenvalue weighted by Crippen LogP contribution is -2.12. The first-order valence-corrected chi connectivity index (χ1v) is 7.87. The van der Waals surface area contributed by atoms with E-state index >= 15 is 0 Å². The van der Waals surface area contributed by atoms with Gasteiger partial charge in [0.2, 0.25) is 0 Å². The fraction of sp³-hybridized carbons (Fsp3) is 0. The summed E-state index contributed by atoms with van der Waals surface area (Å²) in [6, 6.07) is 24.2. The summed E-state index contributed by atoms with van der Waals surface area (Å²) in [4.78, 5) is 12.3. The normalized spacial score (nSPS) is 10.6. The topological polar surface area (TPSA) is 55.6 Å². The summed E-state index contributed by atoms with van der Waals surface area (Å²) in [7, 11) is 0. The Morgan fingerprint density at radius 1 is 0.880 bits per heavy atom. The predicted octanol–water partition coefficient (Wildman–Crippen LogP) is 4.38. The molecule has 0 unspecified atom stereocenters. The summed E-state index contributed by atoms with van der Waals surface area (Å²) in [5.41, 5.74) is 1.93. The largest absolute Gasteiger partial charge is 0.457 e. The minimum Gasteiger partial charge on any atom is -0.457 e. The molecule has 2 heterocycles. The first-order chi connectivity index (χ1) is 12.3. The van der Waals surface area contributed by atoms with Crippen LogP contribution in [0.3, 0.4) is 0 Å². The molecular formula is C20H15N3O2. The van der Waals surface area contributed by atoms with E-state index in [1.807, 2.05) is 66.9 Å². The number of hydrogen-bond acceptors (Lipinski definition) is 3. The van der Waals surface area contributed by atoms with Crippen molar-refractivity contribution in [3.63, 3.8) is 0 Å². The smallest absolute Gasteiger partial charge is 0.276 e. The highest BCUT2D eigenvalue weighted by Crippen LogP contribution is 2.22. The first kappa shape index (κ1) is 15.0. The van der Waals surface area contributed by atoms with E-state index in [-0.39, 0.29) is 5.91 Å². The molecule has 0 radical (unpaired) electrons. The van der Waals surface area contributed by atoms with Crippen molar-refractivity contribution < 1.29 is 9.53 Å². The lowest BCUT2D eigenvalue weighted by atomic mass is 10.2. The summed E-state index contributed by atoms with van der Waals surface area (Å²) in [5.74, 6) is 1.22. The maximum atomic E-state index is 12.3. The number of rotatable bonds is 4. The molecule has 5 nitrogen and oxygen atoms in total. The molecule has 0 aliphatic carbocycles. The number of aromatic nitrogens is 2. The van der Waals surface area contributed by atoms with Gasteiger partial charge in [0.15, 0.2) is 5.69 Å². The zero-order valence-electron chi connectivity index (χ0n) is 13.3. The molecule has 0 fully saturated rings. The Morgan fingerprint density at radius 3 is 2.36 bits per heavy atom. The Kier molecular flexibility index (Phi) is 3.88. The van der Waals surface area contributed by atoms with Gasteiger partial charge in [0.1, 0.15) is 11.5 Å². The number of carbonyl (C=O) groups is 1. The summed E-state index contributed by atoms with van der Waals surface area (Å²) in [6.45, 7) is 0. The number of nitrogens with zero attached hydrogens (tertiary/aromatic N) is 2. The van der Waals surface area contributed by atoms with Gasteiger partial charge in [-0.3, -0.25) is 4.79 Å². The zero-order chi connectivity index (χ0) is 17.1. The average Bonchev–Trinajstić information content (AvgIpc) is 3.09. The van der Waals surface area contributed by atoms with Gasteiger partial charge in [-0.05, 0) is 54.6 Å². The summed E-state index contributed by atoms with van der Waals surface area (Å²) >= 11 is 0.